The van der Waals surface area contributed by atoms with Gasteiger partial charge in [-0.2, -0.15) is 0 Å². The third kappa shape index (κ3) is 4.98. The molecule has 6 heteroatoms. The number of halogens is 1. The number of carboxylic acid groups (broad SMARTS) is 1. The zero-order valence-corrected chi connectivity index (χ0v) is 19.2. The van der Waals surface area contributed by atoms with Crippen molar-refractivity contribution in [2.24, 2.45) is 0 Å². The third-order valence-electron chi connectivity index (χ3n) is 5.30. The highest BCUT2D eigenvalue weighted by Gasteiger charge is 2.28. The van der Waals surface area contributed by atoms with Crippen LogP contribution in [0, 0.1) is 0 Å². The second kappa shape index (κ2) is 9.94. The predicted octanol–water partition coefficient (Wildman–Crippen LogP) is 5.68. The summed E-state index contributed by atoms with van der Waals surface area (Å²) in [4.78, 5) is 18.6. The van der Waals surface area contributed by atoms with E-state index in [-0.39, 0.29) is 12.6 Å². The fourth-order valence-electron chi connectivity index (χ4n) is 3.96. The van der Waals surface area contributed by atoms with E-state index in [4.69, 9.17) is 9.72 Å². The highest BCUT2D eigenvalue weighted by molar-refractivity contribution is 9.10. The fourth-order valence-corrected chi connectivity index (χ4v) is 4.34. The van der Waals surface area contributed by atoms with Gasteiger partial charge in [-0.05, 0) is 35.4 Å². The SMILES string of the molecule is COc1nc2ccc(Br)cc2cc1C(c1ccccc1)N(CC(=O)O)Cc1ccccc1. The number of carboxylic acids is 1. The molecule has 0 radical (unpaired) electrons. The van der Waals surface area contributed by atoms with E-state index in [0.29, 0.717) is 12.4 Å². The lowest BCUT2D eigenvalue weighted by atomic mass is 9.95. The number of methoxy groups -OCH3 is 1. The number of aromatic nitrogens is 1. The van der Waals surface area contributed by atoms with Gasteiger partial charge in [0, 0.05) is 22.0 Å². The van der Waals surface area contributed by atoms with Crippen molar-refractivity contribution in [1.82, 2.24) is 9.88 Å². The molecule has 1 N–H and O–H groups in total. The van der Waals surface area contributed by atoms with Crippen LogP contribution in [0.15, 0.2) is 89.4 Å². The second-order valence-corrected chi connectivity index (χ2v) is 8.44. The molecule has 162 valence electrons. The van der Waals surface area contributed by atoms with Crippen molar-refractivity contribution in [2.45, 2.75) is 12.6 Å². The van der Waals surface area contributed by atoms with Crippen molar-refractivity contribution < 1.29 is 14.6 Å². The second-order valence-electron chi connectivity index (χ2n) is 7.52. The molecule has 0 aliphatic carbocycles. The van der Waals surface area contributed by atoms with Gasteiger partial charge in [0.2, 0.25) is 5.88 Å². The smallest absolute Gasteiger partial charge is 0.317 e. The molecule has 5 nitrogen and oxygen atoms in total. The molecule has 0 aliphatic heterocycles. The summed E-state index contributed by atoms with van der Waals surface area (Å²) < 4.78 is 6.64. The molecule has 4 rings (SSSR count). The number of carbonyl (C=O) groups is 1. The molecule has 0 amide bonds. The van der Waals surface area contributed by atoms with Crippen LogP contribution in [0.3, 0.4) is 0 Å². The largest absolute Gasteiger partial charge is 0.481 e. The predicted molar refractivity (Wildman–Crippen MR) is 129 cm³/mol. The third-order valence-corrected chi connectivity index (χ3v) is 5.80. The maximum atomic E-state index is 11.9. The van der Waals surface area contributed by atoms with Gasteiger partial charge in [0.25, 0.3) is 0 Å². The van der Waals surface area contributed by atoms with Crippen molar-refractivity contribution >= 4 is 32.8 Å². The van der Waals surface area contributed by atoms with Gasteiger partial charge < -0.3 is 9.84 Å². The average molecular weight is 491 g/mol. The lowest BCUT2D eigenvalue weighted by molar-refractivity contribution is -0.138. The van der Waals surface area contributed by atoms with Crippen LogP contribution in [0.25, 0.3) is 10.9 Å². The summed E-state index contributed by atoms with van der Waals surface area (Å²) in [7, 11) is 1.59. The molecule has 0 bridgehead atoms. The Hall–Kier alpha value is -3.22. The van der Waals surface area contributed by atoms with Crippen LogP contribution >= 0.6 is 15.9 Å². The first-order chi connectivity index (χ1) is 15.5. The summed E-state index contributed by atoms with van der Waals surface area (Å²) in [6.07, 6.45) is 0. The van der Waals surface area contributed by atoms with E-state index in [1.54, 1.807) is 7.11 Å². The molecule has 0 saturated carbocycles. The minimum Gasteiger partial charge on any atom is -0.481 e. The van der Waals surface area contributed by atoms with Crippen molar-refractivity contribution in [3.63, 3.8) is 0 Å². The van der Waals surface area contributed by atoms with Gasteiger partial charge in [-0.15, -0.1) is 0 Å². The lowest BCUT2D eigenvalue weighted by Gasteiger charge is -2.32. The van der Waals surface area contributed by atoms with Gasteiger partial charge in [-0.3, -0.25) is 9.69 Å². The summed E-state index contributed by atoms with van der Waals surface area (Å²) in [6, 6.07) is 27.3. The summed E-state index contributed by atoms with van der Waals surface area (Å²) in [6.45, 7) is 0.334. The number of hydrogen-bond acceptors (Lipinski definition) is 4. The first kappa shape index (κ1) is 22.0. The Labute approximate surface area is 195 Å². The zero-order chi connectivity index (χ0) is 22.5. The Morgan fingerprint density at radius 3 is 2.38 bits per heavy atom. The molecule has 4 aromatic rings. The summed E-state index contributed by atoms with van der Waals surface area (Å²) in [5, 5.41) is 10.7. The van der Waals surface area contributed by atoms with E-state index in [1.165, 1.54) is 0 Å². The van der Waals surface area contributed by atoms with Gasteiger partial charge in [-0.25, -0.2) is 4.98 Å². The topological polar surface area (TPSA) is 62.7 Å². The van der Waals surface area contributed by atoms with Gasteiger partial charge in [0.15, 0.2) is 0 Å². The molecule has 0 spiro atoms. The standard InChI is InChI=1S/C26H23BrN2O3/c1-32-26-22(15-20-14-21(27)12-13-23(20)28-26)25(19-10-6-3-7-11-19)29(17-24(30)31)16-18-8-4-2-5-9-18/h2-15,25H,16-17H2,1H3,(H,30,31). The number of nitrogens with zero attached hydrogens (tertiary/aromatic N) is 2. The first-order valence-corrected chi connectivity index (χ1v) is 11.0. The number of fused-ring (bicyclic) bond motifs is 1. The number of rotatable bonds is 8. The lowest BCUT2D eigenvalue weighted by Crippen LogP contribution is -2.34. The molecule has 1 heterocycles. The zero-order valence-electron chi connectivity index (χ0n) is 17.6. The maximum Gasteiger partial charge on any atom is 0.317 e. The normalized spacial score (nSPS) is 12.1. The van der Waals surface area contributed by atoms with E-state index in [2.05, 4.69) is 15.9 Å². The van der Waals surface area contributed by atoms with E-state index in [0.717, 1.165) is 32.1 Å². The Morgan fingerprint density at radius 2 is 1.72 bits per heavy atom. The van der Waals surface area contributed by atoms with Crippen LogP contribution in [-0.4, -0.2) is 34.6 Å². The van der Waals surface area contributed by atoms with Gasteiger partial charge in [-0.1, -0.05) is 76.6 Å². The summed E-state index contributed by atoms with van der Waals surface area (Å²) >= 11 is 3.53. The average Bonchev–Trinajstić information content (AvgIpc) is 2.79. The van der Waals surface area contributed by atoms with Crippen LogP contribution in [0.4, 0.5) is 0 Å². The van der Waals surface area contributed by atoms with Crippen LogP contribution in [0.2, 0.25) is 0 Å². The number of ether oxygens (including phenoxy) is 1. The molecule has 1 unspecified atom stereocenters. The van der Waals surface area contributed by atoms with Crippen LogP contribution in [0.1, 0.15) is 22.7 Å². The quantitative estimate of drug-likeness (QED) is 0.344. The van der Waals surface area contributed by atoms with E-state index in [1.807, 2.05) is 89.8 Å². The Morgan fingerprint density at radius 1 is 1.03 bits per heavy atom. The van der Waals surface area contributed by atoms with Crippen molar-refractivity contribution in [3.8, 4) is 5.88 Å². The Kier molecular flexibility index (Phi) is 6.83. The van der Waals surface area contributed by atoms with Crippen LogP contribution < -0.4 is 4.74 Å². The minimum atomic E-state index is -0.891. The van der Waals surface area contributed by atoms with Gasteiger partial charge >= 0.3 is 5.97 Å². The Balaban J connectivity index is 1.90. The first-order valence-electron chi connectivity index (χ1n) is 10.2. The van der Waals surface area contributed by atoms with E-state index in [9.17, 15) is 9.90 Å². The van der Waals surface area contributed by atoms with E-state index < -0.39 is 5.97 Å². The van der Waals surface area contributed by atoms with E-state index >= 15 is 0 Å². The Bertz CT molecular complexity index is 1220. The highest BCUT2D eigenvalue weighted by Crippen LogP contribution is 2.37. The molecule has 0 fully saturated rings. The van der Waals surface area contributed by atoms with Crippen molar-refractivity contribution in [1.29, 1.82) is 0 Å². The number of pyridine rings is 1. The summed E-state index contributed by atoms with van der Waals surface area (Å²) in [5.74, 6) is -0.408. The highest BCUT2D eigenvalue weighted by atomic mass is 79.9. The fraction of sp³-hybridized carbons (Fsp3) is 0.154. The minimum absolute atomic E-state index is 0.131. The molecule has 1 atom stereocenters. The van der Waals surface area contributed by atoms with Crippen molar-refractivity contribution in [3.05, 3.63) is 106 Å². The number of hydrogen-bond donors (Lipinski definition) is 1. The number of benzene rings is 3. The molecule has 32 heavy (non-hydrogen) atoms. The number of aliphatic carboxylic acids is 1. The summed E-state index contributed by atoms with van der Waals surface area (Å²) in [5.41, 5.74) is 3.64. The van der Waals surface area contributed by atoms with Gasteiger partial charge in [0.05, 0.1) is 25.2 Å². The molecule has 0 aliphatic rings. The van der Waals surface area contributed by atoms with Gasteiger partial charge in [0.1, 0.15) is 0 Å². The molecular weight excluding hydrogens is 468 g/mol. The van der Waals surface area contributed by atoms with Crippen LogP contribution in [-0.2, 0) is 11.3 Å². The molecule has 1 aromatic heterocycles. The molecular formula is C26H23BrN2O3. The van der Waals surface area contributed by atoms with Crippen LogP contribution in [0.5, 0.6) is 5.88 Å². The maximum absolute atomic E-state index is 11.9. The molecule has 0 saturated heterocycles. The molecule has 3 aromatic carbocycles. The van der Waals surface area contributed by atoms with Crippen molar-refractivity contribution in [2.75, 3.05) is 13.7 Å². The monoisotopic (exact) mass is 490 g/mol.